The molecule has 1 N–H and O–H groups in total. The van der Waals surface area contributed by atoms with Crippen LogP contribution in [-0.2, 0) is 32.6 Å². The maximum absolute atomic E-state index is 14.0. The van der Waals surface area contributed by atoms with Crippen LogP contribution in [0.5, 0.6) is 0 Å². The summed E-state index contributed by atoms with van der Waals surface area (Å²) in [6.45, 7) is 0.597. The first-order valence-corrected chi connectivity index (χ1v) is 14.6. The second kappa shape index (κ2) is 13.1. The Kier molecular flexibility index (Phi) is 10.1. The largest absolute Gasteiger partial charge is 0.357 e. The Labute approximate surface area is 238 Å². The van der Waals surface area contributed by atoms with E-state index < -0.39 is 34.4 Å². The van der Waals surface area contributed by atoms with Gasteiger partial charge >= 0.3 is 0 Å². The van der Waals surface area contributed by atoms with Gasteiger partial charge in [-0.15, -0.1) is 0 Å². The van der Waals surface area contributed by atoms with Crippen LogP contribution in [-0.4, -0.2) is 56.8 Å². The molecular formula is C28H29Cl2N3O5S. The number of carbonyl (C=O) groups excluding carboxylic acids is 3. The van der Waals surface area contributed by atoms with Crippen LogP contribution in [0, 0.1) is 0 Å². The predicted molar refractivity (Wildman–Crippen MR) is 154 cm³/mol. The summed E-state index contributed by atoms with van der Waals surface area (Å²) in [5.74, 6) is -1.36. The van der Waals surface area contributed by atoms with Gasteiger partial charge in [0.15, 0.2) is 5.78 Å². The lowest BCUT2D eigenvalue weighted by Gasteiger charge is -2.33. The Bertz CT molecular complexity index is 1440. The van der Waals surface area contributed by atoms with Crippen LogP contribution >= 0.6 is 23.2 Å². The summed E-state index contributed by atoms with van der Waals surface area (Å²) in [6.07, 6.45) is 1.13. The Morgan fingerprint density at radius 3 is 2.10 bits per heavy atom. The Morgan fingerprint density at radius 1 is 0.923 bits per heavy atom. The monoisotopic (exact) mass is 589 g/mol. The molecule has 39 heavy (non-hydrogen) atoms. The van der Waals surface area contributed by atoms with Crippen molar-refractivity contribution in [3.05, 3.63) is 99.5 Å². The summed E-state index contributed by atoms with van der Waals surface area (Å²) in [4.78, 5) is 40.3. The van der Waals surface area contributed by atoms with Crippen LogP contribution in [0.4, 0.5) is 5.69 Å². The first kappa shape index (κ1) is 30.1. The molecule has 2 amide bonds. The topological polar surface area (TPSA) is 104 Å². The number of likely N-dealkylation sites (N-methyl/N-ethyl adjacent to an activating group) is 1. The van der Waals surface area contributed by atoms with Crippen LogP contribution < -0.4 is 9.62 Å². The molecule has 3 rings (SSSR count). The number of hydrogen-bond acceptors (Lipinski definition) is 5. The molecule has 3 aromatic rings. The number of ketones is 1. The zero-order valence-corrected chi connectivity index (χ0v) is 24.1. The molecule has 0 aliphatic carbocycles. The number of carbonyl (C=O) groups is 3. The van der Waals surface area contributed by atoms with Crippen LogP contribution in [0.2, 0.25) is 10.0 Å². The molecule has 0 saturated heterocycles. The zero-order chi connectivity index (χ0) is 28.7. The van der Waals surface area contributed by atoms with E-state index in [1.54, 1.807) is 30.3 Å². The third-order valence-electron chi connectivity index (χ3n) is 6.13. The molecule has 11 heteroatoms. The van der Waals surface area contributed by atoms with Gasteiger partial charge in [-0.3, -0.25) is 18.7 Å². The van der Waals surface area contributed by atoms with Gasteiger partial charge in [0, 0.05) is 41.2 Å². The molecule has 0 spiro atoms. The first-order valence-electron chi connectivity index (χ1n) is 12.0. The molecule has 0 bridgehead atoms. The molecule has 0 saturated carbocycles. The van der Waals surface area contributed by atoms with E-state index in [1.807, 2.05) is 30.3 Å². The molecule has 0 radical (unpaired) electrons. The minimum Gasteiger partial charge on any atom is -0.357 e. The Hall–Kier alpha value is -3.40. The zero-order valence-electron chi connectivity index (χ0n) is 21.7. The lowest BCUT2D eigenvalue weighted by atomic mass is 10.0. The van der Waals surface area contributed by atoms with Gasteiger partial charge < -0.3 is 10.2 Å². The van der Waals surface area contributed by atoms with Crippen LogP contribution in [0.3, 0.4) is 0 Å². The molecular weight excluding hydrogens is 561 g/mol. The molecule has 206 valence electrons. The molecule has 0 aromatic heterocycles. The molecule has 0 aliphatic rings. The normalized spacial score (nSPS) is 11.9. The number of Topliss-reactive ketones (excluding diaryl/α,β-unsaturated/α-hetero) is 1. The minimum absolute atomic E-state index is 0.145. The van der Waals surface area contributed by atoms with Crippen molar-refractivity contribution in [3.63, 3.8) is 0 Å². The molecule has 3 aromatic carbocycles. The number of amides is 2. The van der Waals surface area contributed by atoms with Gasteiger partial charge in [0.05, 0.1) is 11.9 Å². The minimum atomic E-state index is -3.97. The van der Waals surface area contributed by atoms with Crippen molar-refractivity contribution in [2.24, 2.45) is 0 Å². The first-order chi connectivity index (χ1) is 18.4. The second-order valence-electron chi connectivity index (χ2n) is 8.92. The molecule has 0 aliphatic heterocycles. The number of benzene rings is 3. The van der Waals surface area contributed by atoms with Crippen molar-refractivity contribution in [2.45, 2.75) is 25.9 Å². The number of sulfonamides is 1. The average Bonchev–Trinajstić information content (AvgIpc) is 2.90. The highest BCUT2D eigenvalue weighted by atomic mass is 35.5. The van der Waals surface area contributed by atoms with Gasteiger partial charge in [-0.25, -0.2) is 8.42 Å². The van der Waals surface area contributed by atoms with Crippen molar-refractivity contribution >= 4 is 56.5 Å². The van der Waals surface area contributed by atoms with Crippen LogP contribution in [0.1, 0.15) is 28.4 Å². The number of hydrogen-bond donors (Lipinski definition) is 1. The van der Waals surface area contributed by atoms with Gasteiger partial charge in [-0.05, 0) is 36.8 Å². The van der Waals surface area contributed by atoms with E-state index in [-0.39, 0.29) is 24.4 Å². The van der Waals surface area contributed by atoms with E-state index in [0.717, 1.165) is 16.1 Å². The van der Waals surface area contributed by atoms with E-state index in [1.165, 1.54) is 31.0 Å². The average molecular weight is 591 g/mol. The number of nitrogens with zero attached hydrogens (tertiary/aromatic N) is 2. The smallest absolute Gasteiger partial charge is 0.244 e. The number of halogens is 2. The maximum atomic E-state index is 14.0. The van der Waals surface area contributed by atoms with Crippen molar-refractivity contribution in [3.8, 4) is 0 Å². The van der Waals surface area contributed by atoms with Crippen LogP contribution in [0.15, 0.2) is 72.8 Å². The SMILES string of the molecule is CNC(=O)[C@H](Cc1ccccc1)N(Cc1c(Cl)cccc1Cl)C(=O)CN(c1cccc(C(C)=O)c1)S(C)(=O)=O. The van der Waals surface area contributed by atoms with E-state index in [0.29, 0.717) is 21.2 Å². The summed E-state index contributed by atoms with van der Waals surface area (Å²) in [7, 11) is -2.51. The number of rotatable bonds is 11. The van der Waals surface area contributed by atoms with E-state index in [9.17, 15) is 22.8 Å². The summed E-state index contributed by atoms with van der Waals surface area (Å²) < 4.78 is 26.6. The van der Waals surface area contributed by atoms with Gasteiger partial charge in [-0.2, -0.15) is 0 Å². The van der Waals surface area contributed by atoms with Gasteiger partial charge in [0.2, 0.25) is 21.8 Å². The highest BCUT2D eigenvalue weighted by molar-refractivity contribution is 7.92. The third-order valence-corrected chi connectivity index (χ3v) is 7.98. The fourth-order valence-corrected chi connectivity index (χ4v) is 5.43. The highest BCUT2D eigenvalue weighted by Crippen LogP contribution is 2.28. The molecule has 0 unspecified atom stereocenters. The highest BCUT2D eigenvalue weighted by Gasteiger charge is 2.33. The quantitative estimate of drug-likeness (QED) is 0.335. The van der Waals surface area contributed by atoms with E-state index >= 15 is 0 Å². The summed E-state index contributed by atoms with van der Waals surface area (Å²) in [6, 6.07) is 19.0. The summed E-state index contributed by atoms with van der Waals surface area (Å²) in [5, 5.41) is 3.19. The number of nitrogens with one attached hydrogen (secondary N) is 1. The molecule has 0 fully saturated rings. The standard InChI is InChI=1S/C28H29Cl2N3O5S/c1-19(34)21-11-7-12-22(16-21)33(39(3,37)38)18-27(35)32(17-23-24(29)13-8-14-25(23)30)26(28(36)31-2)15-20-9-5-4-6-10-20/h4-14,16,26H,15,17-18H2,1-3H3,(H,31,36)/t26-/m0/s1. The molecule has 1 atom stereocenters. The molecule has 8 nitrogen and oxygen atoms in total. The van der Waals surface area contributed by atoms with E-state index in [4.69, 9.17) is 23.2 Å². The van der Waals surface area contributed by atoms with Gasteiger partial charge in [0.1, 0.15) is 12.6 Å². The van der Waals surface area contributed by atoms with Crippen molar-refractivity contribution in [1.82, 2.24) is 10.2 Å². The fourth-order valence-electron chi connectivity index (χ4n) is 4.07. The predicted octanol–water partition coefficient (Wildman–Crippen LogP) is 4.35. The van der Waals surface area contributed by atoms with Crippen LogP contribution in [0.25, 0.3) is 0 Å². The third kappa shape index (κ3) is 7.81. The van der Waals surface area contributed by atoms with Crippen molar-refractivity contribution < 1.29 is 22.8 Å². The Morgan fingerprint density at radius 2 is 1.54 bits per heavy atom. The summed E-state index contributed by atoms with van der Waals surface area (Å²) in [5.41, 5.74) is 1.65. The van der Waals surface area contributed by atoms with Crippen molar-refractivity contribution in [1.29, 1.82) is 0 Å². The second-order valence-corrected chi connectivity index (χ2v) is 11.6. The number of anilines is 1. The lowest BCUT2D eigenvalue weighted by Crippen LogP contribution is -2.53. The summed E-state index contributed by atoms with van der Waals surface area (Å²) >= 11 is 12.8. The van der Waals surface area contributed by atoms with Gasteiger partial charge in [-0.1, -0.05) is 71.7 Å². The van der Waals surface area contributed by atoms with Gasteiger partial charge in [0.25, 0.3) is 0 Å². The van der Waals surface area contributed by atoms with E-state index in [2.05, 4.69) is 5.32 Å². The lowest BCUT2D eigenvalue weighted by molar-refractivity contribution is -0.139. The Balaban J connectivity index is 2.09. The van der Waals surface area contributed by atoms with Crippen molar-refractivity contribution in [2.75, 3.05) is 24.2 Å². The maximum Gasteiger partial charge on any atom is 0.244 e. The fraction of sp³-hybridized carbons (Fsp3) is 0.250. The molecule has 0 heterocycles.